The van der Waals surface area contributed by atoms with Crippen molar-refractivity contribution in [1.29, 1.82) is 0 Å². The minimum Gasteiger partial charge on any atom is -0.382 e. The van der Waals surface area contributed by atoms with Gasteiger partial charge in [-0.15, -0.1) is 22.7 Å². The lowest BCUT2D eigenvalue weighted by molar-refractivity contribution is 0.228. The summed E-state index contributed by atoms with van der Waals surface area (Å²) in [5.74, 6) is 0. The summed E-state index contributed by atoms with van der Waals surface area (Å²) >= 11 is 18.2. The van der Waals surface area contributed by atoms with Gasteiger partial charge in [0.05, 0.1) is 18.7 Å². The van der Waals surface area contributed by atoms with Crippen molar-refractivity contribution in [1.82, 2.24) is 0 Å². The lowest BCUT2D eigenvalue weighted by atomic mass is 10.2. The summed E-state index contributed by atoms with van der Waals surface area (Å²) in [6.45, 7) is 1.92. The van der Waals surface area contributed by atoms with Gasteiger partial charge in [0.25, 0.3) is 0 Å². The van der Waals surface area contributed by atoms with E-state index in [9.17, 15) is 5.11 Å². The van der Waals surface area contributed by atoms with Crippen LogP contribution in [0.4, 0.5) is 0 Å². The van der Waals surface area contributed by atoms with Crippen molar-refractivity contribution in [2.45, 2.75) is 13.0 Å². The molecule has 1 N–H and O–H groups in total. The molecule has 2 rings (SSSR count). The normalized spacial score (nSPS) is 13.1. The first-order valence-electron chi connectivity index (χ1n) is 4.37. The van der Waals surface area contributed by atoms with Crippen molar-refractivity contribution in [3.63, 3.8) is 0 Å². The number of hydrogen-bond donors (Lipinski definition) is 1. The predicted octanol–water partition coefficient (Wildman–Crippen LogP) is 5.27. The van der Waals surface area contributed by atoms with E-state index in [-0.39, 0.29) is 0 Å². The van der Waals surface area contributed by atoms with Crippen LogP contribution in [0.25, 0.3) is 0 Å². The van der Waals surface area contributed by atoms with Gasteiger partial charge in [0.1, 0.15) is 6.10 Å². The highest BCUT2D eigenvalue weighted by atomic mass is 79.9. The smallest absolute Gasteiger partial charge is 0.124 e. The Bertz CT molecular complexity index is 501. The van der Waals surface area contributed by atoms with E-state index in [1.54, 1.807) is 6.07 Å². The molecule has 0 bridgehead atoms. The van der Waals surface area contributed by atoms with Gasteiger partial charge in [-0.2, -0.15) is 0 Å². The van der Waals surface area contributed by atoms with Crippen molar-refractivity contribution in [3.05, 3.63) is 40.6 Å². The molecular weight excluding hydrogens is 351 g/mol. The molecule has 2 aromatic rings. The van der Waals surface area contributed by atoms with E-state index >= 15 is 0 Å². The number of rotatable bonds is 2. The van der Waals surface area contributed by atoms with Gasteiger partial charge in [0, 0.05) is 4.88 Å². The van der Waals surface area contributed by atoms with Gasteiger partial charge in [-0.1, -0.05) is 23.2 Å². The quantitative estimate of drug-likeness (QED) is 0.776. The maximum atomic E-state index is 10.2. The van der Waals surface area contributed by atoms with Crippen LogP contribution in [0, 0.1) is 6.92 Å². The van der Waals surface area contributed by atoms with Crippen molar-refractivity contribution in [2.24, 2.45) is 0 Å². The molecule has 0 aliphatic rings. The maximum Gasteiger partial charge on any atom is 0.124 e. The Labute approximate surface area is 120 Å². The summed E-state index contributed by atoms with van der Waals surface area (Å²) in [5, 5.41) is 13.4. The molecule has 0 radical (unpaired) electrons. The van der Waals surface area contributed by atoms with Gasteiger partial charge in [-0.3, -0.25) is 0 Å². The Hall–Kier alpha value is 0.420. The molecule has 0 saturated heterocycles. The minimum absolute atomic E-state index is 0.614. The molecular formula is C10H7BrCl2OS2. The highest BCUT2D eigenvalue weighted by Crippen LogP contribution is 2.41. The molecule has 0 aromatic carbocycles. The molecule has 0 spiro atoms. The van der Waals surface area contributed by atoms with Crippen LogP contribution in [-0.2, 0) is 0 Å². The first-order valence-corrected chi connectivity index (χ1v) is 7.61. The highest BCUT2D eigenvalue weighted by Gasteiger charge is 2.20. The van der Waals surface area contributed by atoms with E-state index in [0.717, 1.165) is 19.1 Å². The fourth-order valence-electron chi connectivity index (χ4n) is 1.26. The molecule has 1 unspecified atom stereocenters. The van der Waals surface area contributed by atoms with E-state index in [1.165, 1.54) is 22.7 Å². The Balaban J connectivity index is 2.38. The SMILES string of the molecule is Cc1csc(C(O)c2cc(Cl)c(Br)s2)c1Cl. The second-order valence-corrected chi connectivity index (χ2v) is 7.37. The molecule has 0 aliphatic heterocycles. The van der Waals surface area contributed by atoms with Gasteiger partial charge in [-0.05, 0) is 39.9 Å². The molecule has 2 heterocycles. The molecule has 86 valence electrons. The molecule has 0 saturated carbocycles. The van der Waals surface area contributed by atoms with E-state index in [1.807, 2.05) is 12.3 Å². The Kier molecular flexibility index (Phi) is 3.99. The fourth-order valence-corrected chi connectivity index (χ4v) is 4.38. The lowest BCUT2D eigenvalue weighted by Crippen LogP contribution is -1.94. The lowest BCUT2D eigenvalue weighted by Gasteiger charge is -2.06. The molecule has 6 heteroatoms. The zero-order chi connectivity index (χ0) is 11.9. The van der Waals surface area contributed by atoms with Gasteiger partial charge < -0.3 is 5.11 Å². The molecule has 2 aromatic heterocycles. The predicted molar refractivity (Wildman–Crippen MR) is 75.2 cm³/mol. The molecule has 0 fully saturated rings. The van der Waals surface area contributed by atoms with Gasteiger partial charge in [-0.25, -0.2) is 0 Å². The number of halogens is 3. The van der Waals surface area contributed by atoms with Crippen LogP contribution in [0.1, 0.15) is 21.4 Å². The van der Waals surface area contributed by atoms with Crippen molar-refractivity contribution in [3.8, 4) is 0 Å². The van der Waals surface area contributed by atoms with E-state index in [2.05, 4.69) is 15.9 Å². The van der Waals surface area contributed by atoms with Crippen molar-refractivity contribution in [2.75, 3.05) is 0 Å². The largest absolute Gasteiger partial charge is 0.382 e. The van der Waals surface area contributed by atoms with Crippen LogP contribution in [0.15, 0.2) is 15.2 Å². The first-order chi connectivity index (χ1) is 7.50. The minimum atomic E-state index is -0.694. The third-order valence-corrected chi connectivity index (χ3v) is 6.40. The van der Waals surface area contributed by atoms with E-state index < -0.39 is 6.10 Å². The standard InChI is InChI=1S/C10H7BrCl2OS2/c1-4-3-15-9(7(4)13)8(14)6-2-5(12)10(11)16-6/h2-3,8,14H,1H3. The Morgan fingerprint density at radius 3 is 2.56 bits per heavy atom. The van der Waals surface area contributed by atoms with E-state index in [0.29, 0.717) is 10.0 Å². The number of hydrogen-bond acceptors (Lipinski definition) is 3. The fraction of sp³-hybridized carbons (Fsp3) is 0.200. The third kappa shape index (κ3) is 2.33. The summed E-state index contributed by atoms with van der Waals surface area (Å²) in [6.07, 6.45) is -0.694. The zero-order valence-corrected chi connectivity index (χ0v) is 12.9. The summed E-state index contributed by atoms with van der Waals surface area (Å²) in [7, 11) is 0. The van der Waals surface area contributed by atoms with Crippen LogP contribution in [-0.4, -0.2) is 5.11 Å². The van der Waals surface area contributed by atoms with Crippen LogP contribution in [0.3, 0.4) is 0 Å². The number of aryl methyl sites for hydroxylation is 1. The maximum absolute atomic E-state index is 10.2. The zero-order valence-electron chi connectivity index (χ0n) is 8.13. The number of aliphatic hydroxyl groups is 1. The van der Waals surface area contributed by atoms with Crippen molar-refractivity contribution >= 4 is 61.8 Å². The molecule has 16 heavy (non-hydrogen) atoms. The average molecular weight is 358 g/mol. The Morgan fingerprint density at radius 2 is 2.12 bits per heavy atom. The van der Waals surface area contributed by atoms with Gasteiger partial charge >= 0.3 is 0 Å². The highest BCUT2D eigenvalue weighted by molar-refractivity contribution is 9.11. The van der Waals surface area contributed by atoms with Crippen LogP contribution >= 0.6 is 61.8 Å². The molecule has 0 amide bonds. The second kappa shape index (κ2) is 4.96. The first kappa shape index (κ1) is 12.9. The topological polar surface area (TPSA) is 20.2 Å². The van der Waals surface area contributed by atoms with Gasteiger partial charge in [0.15, 0.2) is 0 Å². The van der Waals surface area contributed by atoms with Crippen LogP contribution in [0.2, 0.25) is 10.0 Å². The van der Waals surface area contributed by atoms with Crippen LogP contribution in [0.5, 0.6) is 0 Å². The Morgan fingerprint density at radius 1 is 1.44 bits per heavy atom. The average Bonchev–Trinajstić information content (AvgIpc) is 2.73. The van der Waals surface area contributed by atoms with Crippen molar-refractivity contribution < 1.29 is 5.11 Å². The summed E-state index contributed by atoms with van der Waals surface area (Å²) in [5.41, 5.74) is 0.988. The molecule has 1 atom stereocenters. The summed E-state index contributed by atoms with van der Waals surface area (Å²) < 4.78 is 0.826. The number of aliphatic hydroxyl groups excluding tert-OH is 1. The molecule has 1 nitrogen and oxygen atoms in total. The van der Waals surface area contributed by atoms with Crippen LogP contribution < -0.4 is 0 Å². The number of thiophene rings is 2. The summed E-state index contributed by atoms with van der Waals surface area (Å²) in [4.78, 5) is 1.56. The second-order valence-electron chi connectivity index (χ2n) is 3.27. The van der Waals surface area contributed by atoms with E-state index in [4.69, 9.17) is 23.2 Å². The van der Waals surface area contributed by atoms with Gasteiger partial charge in [0.2, 0.25) is 0 Å². The summed E-state index contributed by atoms with van der Waals surface area (Å²) in [6, 6.07) is 1.76. The monoisotopic (exact) mass is 356 g/mol. The molecule has 0 aliphatic carbocycles. The third-order valence-electron chi connectivity index (χ3n) is 2.11.